The highest BCUT2D eigenvalue weighted by molar-refractivity contribution is 5.71. The van der Waals surface area contributed by atoms with Crippen molar-refractivity contribution in [1.82, 2.24) is 4.90 Å². The predicted molar refractivity (Wildman–Crippen MR) is 70.6 cm³/mol. The summed E-state index contributed by atoms with van der Waals surface area (Å²) in [4.78, 5) is 13.3. The molecule has 0 unspecified atom stereocenters. The second kappa shape index (κ2) is 12.5. The average Bonchev–Trinajstić information content (AvgIpc) is 2.34. The molecule has 0 N–H and O–H groups in total. The molecule has 0 aromatic carbocycles. The first-order chi connectivity index (χ1) is 8.74. The first kappa shape index (κ1) is 17.1. The second-order valence-corrected chi connectivity index (χ2v) is 3.79. The van der Waals surface area contributed by atoms with E-state index in [1.165, 1.54) is 0 Å². The van der Waals surface area contributed by atoms with Crippen molar-refractivity contribution >= 4 is 5.97 Å². The number of hydrogen-bond donors (Lipinski definition) is 0. The van der Waals surface area contributed by atoms with Crippen LogP contribution in [0.4, 0.5) is 0 Å². The van der Waals surface area contributed by atoms with E-state index in [1.807, 2.05) is 4.90 Å². The first-order valence-electron chi connectivity index (χ1n) is 6.30. The Labute approximate surface area is 110 Å². The topological polar surface area (TPSA) is 48.0 Å². The molecule has 0 saturated carbocycles. The van der Waals surface area contributed by atoms with Gasteiger partial charge in [0, 0.05) is 33.4 Å². The zero-order valence-corrected chi connectivity index (χ0v) is 11.5. The summed E-state index contributed by atoms with van der Waals surface area (Å²) in [6, 6.07) is 0. The lowest BCUT2D eigenvalue weighted by atomic mass is 10.4. The van der Waals surface area contributed by atoms with Crippen LogP contribution in [0.15, 0.2) is 12.7 Å². The second-order valence-electron chi connectivity index (χ2n) is 3.79. The molecule has 5 nitrogen and oxygen atoms in total. The van der Waals surface area contributed by atoms with E-state index in [0.29, 0.717) is 39.5 Å². The van der Waals surface area contributed by atoms with E-state index >= 15 is 0 Å². The lowest BCUT2D eigenvalue weighted by Crippen LogP contribution is -2.34. The van der Waals surface area contributed by atoms with Gasteiger partial charge in [0.1, 0.15) is 0 Å². The number of esters is 1. The number of nitrogens with zero attached hydrogens (tertiary/aromatic N) is 1. The number of carbonyl (C=O) groups is 1. The van der Waals surface area contributed by atoms with E-state index in [1.54, 1.807) is 20.1 Å². The van der Waals surface area contributed by atoms with Gasteiger partial charge in [-0.2, -0.15) is 0 Å². The summed E-state index contributed by atoms with van der Waals surface area (Å²) in [6.07, 6.45) is 2.65. The van der Waals surface area contributed by atoms with E-state index in [9.17, 15) is 4.79 Å². The van der Waals surface area contributed by atoms with Gasteiger partial charge in [-0.1, -0.05) is 6.08 Å². The van der Waals surface area contributed by atoms with Crippen LogP contribution in [-0.4, -0.2) is 64.0 Å². The molecule has 0 aliphatic heterocycles. The molecule has 0 atom stereocenters. The Hall–Kier alpha value is -0.910. The molecule has 0 aromatic rings. The Morgan fingerprint density at radius 1 is 1.33 bits per heavy atom. The summed E-state index contributed by atoms with van der Waals surface area (Å²) < 4.78 is 15.3. The third kappa shape index (κ3) is 10.3. The molecule has 0 saturated heterocycles. The zero-order chi connectivity index (χ0) is 13.6. The Kier molecular flexibility index (Phi) is 11.9. The lowest BCUT2D eigenvalue weighted by molar-refractivity contribution is -0.144. The summed E-state index contributed by atoms with van der Waals surface area (Å²) in [5, 5.41) is 0. The van der Waals surface area contributed by atoms with Crippen molar-refractivity contribution in [2.45, 2.75) is 13.3 Å². The number of rotatable bonds is 12. The predicted octanol–water partition coefficient (Wildman–Crippen LogP) is 1.09. The molecule has 0 spiro atoms. The molecule has 5 heteroatoms. The van der Waals surface area contributed by atoms with E-state index in [-0.39, 0.29) is 12.5 Å². The Balaban J connectivity index is 3.68. The van der Waals surface area contributed by atoms with E-state index < -0.39 is 0 Å². The molecular formula is C13H25NO4. The molecule has 18 heavy (non-hydrogen) atoms. The molecular weight excluding hydrogens is 234 g/mol. The number of methoxy groups -OCH3 is 1. The van der Waals surface area contributed by atoms with Gasteiger partial charge in [-0.15, -0.1) is 6.58 Å². The van der Waals surface area contributed by atoms with Crippen molar-refractivity contribution in [2.24, 2.45) is 0 Å². The smallest absolute Gasteiger partial charge is 0.320 e. The quantitative estimate of drug-likeness (QED) is 0.298. The SMILES string of the molecule is C=CCN(CCOCCCOC)CC(=O)OCC. The average molecular weight is 259 g/mol. The summed E-state index contributed by atoms with van der Waals surface area (Å²) in [5.41, 5.74) is 0. The summed E-state index contributed by atoms with van der Waals surface area (Å²) in [6.45, 7) is 9.48. The maximum Gasteiger partial charge on any atom is 0.320 e. The minimum Gasteiger partial charge on any atom is -0.465 e. The van der Waals surface area contributed by atoms with Crippen LogP contribution in [0.3, 0.4) is 0 Å². The van der Waals surface area contributed by atoms with Crippen LogP contribution in [0, 0.1) is 0 Å². The van der Waals surface area contributed by atoms with Gasteiger partial charge in [-0.05, 0) is 13.3 Å². The molecule has 106 valence electrons. The molecule has 0 heterocycles. The van der Waals surface area contributed by atoms with Crippen LogP contribution in [0.1, 0.15) is 13.3 Å². The van der Waals surface area contributed by atoms with Crippen molar-refractivity contribution in [2.75, 3.05) is 53.2 Å². The van der Waals surface area contributed by atoms with E-state index in [0.717, 1.165) is 6.42 Å². The maximum absolute atomic E-state index is 11.3. The fourth-order valence-electron chi connectivity index (χ4n) is 1.41. The normalized spacial score (nSPS) is 10.6. The Morgan fingerprint density at radius 2 is 2.11 bits per heavy atom. The molecule has 0 amide bonds. The molecule has 0 fully saturated rings. The van der Waals surface area contributed by atoms with Crippen molar-refractivity contribution in [3.05, 3.63) is 12.7 Å². The van der Waals surface area contributed by atoms with Gasteiger partial charge in [0.15, 0.2) is 0 Å². The standard InChI is InChI=1S/C13H25NO4/c1-4-7-14(12-13(15)18-5-2)8-11-17-10-6-9-16-3/h4H,1,5-12H2,2-3H3. The van der Waals surface area contributed by atoms with Crippen LogP contribution in [0.25, 0.3) is 0 Å². The largest absolute Gasteiger partial charge is 0.465 e. The Bertz CT molecular complexity index is 221. The van der Waals surface area contributed by atoms with Crippen LogP contribution >= 0.6 is 0 Å². The van der Waals surface area contributed by atoms with Gasteiger partial charge in [0.05, 0.1) is 19.8 Å². The molecule has 0 radical (unpaired) electrons. The van der Waals surface area contributed by atoms with E-state index in [2.05, 4.69) is 6.58 Å². The molecule has 0 aliphatic rings. The third-order valence-electron chi connectivity index (χ3n) is 2.23. The van der Waals surface area contributed by atoms with Crippen molar-refractivity contribution in [3.63, 3.8) is 0 Å². The molecule has 0 bridgehead atoms. The van der Waals surface area contributed by atoms with Crippen LogP contribution in [-0.2, 0) is 19.0 Å². The van der Waals surface area contributed by atoms with Gasteiger partial charge in [0.2, 0.25) is 0 Å². The monoisotopic (exact) mass is 259 g/mol. The molecule has 0 rings (SSSR count). The number of hydrogen-bond acceptors (Lipinski definition) is 5. The zero-order valence-electron chi connectivity index (χ0n) is 11.5. The summed E-state index contributed by atoms with van der Waals surface area (Å²) in [5.74, 6) is -0.210. The third-order valence-corrected chi connectivity index (χ3v) is 2.23. The minimum atomic E-state index is -0.210. The number of ether oxygens (including phenoxy) is 3. The Morgan fingerprint density at radius 3 is 2.72 bits per heavy atom. The van der Waals surface area contributed by atoms with Crippen molar-refractivity contribution in [1.29, 1.82) is 0 Å². The van der Waals surface area contributed by atoms with Crippen molar-refractivity contribution in [3.8, 4) is 0 Å². The van der Waals surface area contributed by atoms with E-state index in [4.69, 9.17) is 14.2 Å². The molecule has 0 aromatic heterocycles. The highest BCUT2D eigenvalue weighted by Crippen LogP contribution is 1.93. The maximum atomic E-state index is 11.3. The lowest BCUT2D eigenvalue weighted by Gasteiger charge is -2.19. The van der Waals surface area contributed by atoms with Gasteiger partial charge in [-0.3, -0.25) is 9.69 Å². The first-order valence-corrected chi connectivity index (χ1v) is 6.30. The van der Waals surface area contributed by atoms with Gasteiger partial charge in [-0.25, -0.2) is 0 Å². The van der Waals surface area contributed by atoms with Crippen LogP contribution < -0.4 is 0 Å². The minimum absolute atomic E-state index is 0.210. The molecule has 0 aliphatic carbocycles. The van der Waals surface area contributed by atoms with Gasteiger partial charge in [0.25, 0.3) is 0 Å². The van der Waals surface area contributed by atoms with Crippen LogP contribution in [0.5, 0.6) is 0 Å². The van der Waals surface area contributed by atoms with Gasteiger partial charge >= 0.3 is 5.97 Å². The van der Waals surface area contributed by atoms with Crippen LogP contribution in [0.2, 0.25) is 0 Å². The fraction of sp³-hybridized carbons (Fsp3) is 0.769. The highest BCUT2D eigenvalue weighted by atomic mass is 16.5. The summed E-state index contributed by atoms with van der Waals surface area (Å²) in [7, 11) is 1.67. The fourth-order valence-corrected chi connectivity index (χ4v) is 1.41. The van der Waals surface area contributed by atoms with Gasteiger partial charge < -0.3 is 14.2 Å². The number of carbonyl (C=O) groups excluding carboxylic acids is 1. The highest BCUT2D eigenvalue weighted by Gasteiger charge is 2.09. The summed E-state index contributed by atoms with van der Waals surface area (Å²) >= 11 is 0. The van der Waals surface area contributed by atoms with Crippen molar-refractivity contribution < 1.29 is 19.0 Å².